The molecular formula is C11H8BrNO2. The summed E-state index contributed by atoms with van der Waals surface area (Å²) in [5, 5.41) is 2.12. The lowest BCUT2D eigenvalue weighted by Gasteiger charge is -2.03. The summed E-state index contributed by atoms with van der Waals surface area (Å²) in [4.78, 5) is 14.1. The first-order valence-electron chi connectivity index (χ1n) is 4.38. The molecular weight excluding hydrogens is 258 g/mol. The van der Waals surface area contributed by atoms with E-state index in [0.717, 1.165) is 20.8 Å². The van der Waals surface area contributed by atoms with Gasteiger partial charge in [0.1, 0.15) is 6.61 Å². The molecule has 1 aromatic carbocycles. The van der Waals surface area contributed by atoms with Crippen LogP contribution in [0.1, 0.15) is 5.56 Å². The molecule has 2 rings (SSSR count). The molecule has 4 heteroatoms. The number of aromatic nitrogens is 1. The second kappa shape index (κ2) is 4.40. The average Bonchev–Trinajstić information content (AvgIpc) is 2.27. The van der Waals surface area contributed by atoms with Crippen LogP contribution in [0, 0.1) is 0 Å². The monoisotopic (exact) mass is 265 g/mol. The van der Waals surface area contributed by atoms with Gasteiger partial charge in [0.05, 0.1) is 0 Å². The Balaban J connectivity index is 2.45. The maximum Gasteiger partial charge on any atom is 0.293 e. The topological polar surface area (TPSA) is 39.2 Å². The minimum atomic E-state index is 0.300. The number of carbonyl (C=O) groups excluding carboxylic acids is 1. The molecule has 0 N–H and O–H groups in total. The molecule has 0 unspecified atom stereocenters. The van der Waals surface area contributed by atoms with E-state index in [1.807, 2.05) is 18.2 Å². The summed E-state index contributed by atoms with van der Waals surface area (Å²) in [6, 6.07) is 5.85. The summed E-state index contributed by atoms with van der Waals surface area (Å²) < 4.78 is 5.63. The van der Waals surface area contributed by atoms with E-state index in [4.69, 9.17) is 4.74 Å². The lowest BCUT2D eigenvalue weighted by molar-refractivity contribution is -0.129. The van der Waals surface area contributed by atoms with Gasteiger partial charge in [-0.3, -0.25) is 9.78 Å². The molecule has 15 heavy (non-hydrogen) atoms. The van der Waals surface area contributed by atoms with Gasteiger partial charge in [0.15, 0.2) is 0 Å². The van der Waals surface area contributed by atoms with E-state index in [1.165, 1.54) is 0 Å². The standard InChI is InChI=1S/C11H8BrNO2/c12-11-5-13-4-9-2-1-8(3-10(9)11)6-15-7-14/h1-5,7H,6H2. The highest BCUT2D eigenvalue weighted by molar-refractivity contribution is 9.10. The van der Waals surface area contributed by atoms with Crippen molar-refractivity contribution in [1.82, 2.24) is 4.98 Å². The van der Waals surface area contributed by atoms with Crippen LogP contribution in [0.5, 0.6) is 0 Å². The van der Waals surface area contributed by atoms with E-state index < -0.39 is 0 Å². The summed E-state index contributed by atoms with van der Waals surface area (Å²) in [5.74, 6) is 0. The van der Waals surface area contributed by atoms with Crippen LogP contribution < -0.4 is 0 Å². The molecule has 0 amide bonds. The van der Waals surface area contributed by atoms with Gasteiger partial charge in [-0.25, -0.2) is 0 Å². The third-order valence-electron chi connectivity index (χ3n) is 2.09. The Hall–Kier alpha value is -1.42. The summed E-state index contributed by atoms with van der Waals surface area (Å²) >= 11 is 3.43. The van der Waals surface area contributed by atoms with E-state index in [2.05, 4.69) is 20.9 Å². The van der Waals surface area contributed by atoms with Gasteiger partial charge in [-0.15, -0.1) is 0 Å². The quantitative estimate of drug-likeness (QED) is 0.802. The summed E-state index contributed by atoms with van der Waals surface area (Å²) in [6.07, 6.45) is 3.54. The van der Waals surface area contributed by atoms with Crippen LogP contribution in [0.15, 0.2) is 35.1 Å². The van der Waals surface area contributed by atoms with E-state index in [1.54, 1.807) is 12.4 Å². The Kier molecular flexibility index (Phi) is 2.97. The number of ether oxygens (including phenoxy) is 1. The summed E-state index contributed by atoms with van der Waals surface area (Å²) in [7, 11) is 0. The van der Waals surface area contributed by atoms with Crippen molar-refractivity contribution >= 4 is 33.2 Å². The fourth-order valence-corrected chi connectivity index (χ4v) is 1.86. The highest BCUT2D eigenvalue weighted by atomic mass is 79.9. The lowest BCUT2D eigenvalue weighted by Crippen LogP contribution is -1.90. The number of rotatable bonds is 3. The van der Waals surface area contributed by atoms with Crippen LogP contribution in [0.4, 0.5) is 0 Å². The van der Waals surface area contributed by atoms with Crippen LogP contribution in [0.2, 0.25) is 0 Å². The third kappa shape index (κ3) is 2.15. The second-order valence-corrected chi connectivity index (χ2v) is 3.94. The van der Waals surface area contributed by atoms with E-state index in [0.29, 0.717) is 13.1 Å². The Morgan fingerprint density at radius 3 is 3.07 bits per heavy atom. The van der Waals surface area contributed by atoms with Crippen molar-refractivity contribution in [2.24, 2.45) is 0 Å². The van der Waals surface area contributed by atoms with Crippen LogP contribution >= 0.6 is 15.9 Å². The van der Waals surface area contributed by atoms with Gasteiger partial charge in [-0.1, -0.05) is 12.1 Å². The number of hydrogen-bond acceptors (Lipinski definition) is 3. The van der Waals surface area contributed by atoms with Crippen LogP contribution in [-0.4, -0.2) is 11.5 Å². The first-order chi connectivity index (χ1) is 7.31. The molecule has 0 spiro atoms. The van der Waals surface area contributed by atoms with Crippen molar-refractivity contribution in [2.45, 2.75) is 6.61 Å². The smallest absolute Gasteiger partial charge is 0.293 e. The van der Waals surface area contributed by atoms with Crippen molar-refractivity contribution in [2.75, 3.05) is 0 Å². The minimum Gasteiger partial charge on any atom is -0.463 e. The molecule has 0 fully saturated rings. The fourth-order valence-electron chi connectivity index (χ4n) is 1.40. The number of carbonyl (C=O) groups is 1. The Morgan fingerprint density at radius 2 is 2.27 bits per heavy atom. The maximum absolute atomic E-state index is 10.1. The molecule has 2 aromatic rings. The van der Waals surface area contributed by atoms with Crippen molar-refractivity contribution in [1.29, 1.82) is 0 Å². The fraction of sp³-hybridized carbons (Fsp3) is 0.0909. The predicted octanol–water partition coefficient (Wildman–Crippen LogP) is 2.67. The number of fused-ring (bicyclic) bond motifs is 1. The molecule has 0 aliphatic heterocycles. The maximum atomic E-state index is 10.1. The highest BCUT2D eigenvalue weighted by Crippen LogP contribution is 2.23. The molecule has 0 atom stereocenters. The second-order valence-electron chi connectivity index (χ2n) is 3.08. The number of benzene rings is 1. The van der Waals surface area contributed by atoms with Crippen LogP contribution in [0.3, 0.4) is 0 Å². The lowest BCUT2D eigenvalue weighted by atomic mass is 10.1. The number of hydrogen-bond donors (Lipinski definition) is 0. The van der Waals surface area contributed by atoms with Gasteiger partial charge in [0, 0.05) is 22.3 Å². The summed E-state index contributed by atoms with van der Waals surface area (Å²) in [6.45, 7) is 0.750. The highest BCUT2D eigenvalue weighted by Gasteiger charge is 2.00. The molecule has 3 nitrogen and oxygen atoms in total. The summed E-state index contributed by atoms with van der Waals surface area (Å²) in [5.41, 5.74) is 0.960. The van der Waals surface area contributed by atoms with Crippen LogP contribution in [0.25, 0.3) is 10.8 Å². The van der Waals surface area contributed by atoms with Gasteiger partial charge in [0.2, 0.25) is 0 Å². The molecule has 1 aromatic heterocycles. The molecule has 76 valence electrons. The largest absolute Gasteiger partial charge is 0.463 e. The first-order valence-corrected chi connectivity index (χ1v) is 5.18. The van der Waals surface area contributed by atoms with Gasteiger partial charge in [-0.05, 0) is 32.9 Å². The van der Waals surface area contributed by atoms with E-state index >= 15 is 0 Å². The SMILES string of the molecule is O=COCc1ccc2cncc(Br)c2c1. The zero-order valence-corrected chi connectivity index (χ0v) is 9.40. The van der Waals surface area contributed by atoms with Crippen molar-refractivity contribution < 1.29 is 9.53 Å². The van der Waals surface area contributed by atoms with E-state index in [9.17, 15) is 4.79 Å². The van der Waals surface area contributed by atoms with Crippen molar-refractivity contribution in [3.63, 3.8) is 0 Å². The molecule has 0 aliphatic rings. The first kappa shape index (κ1) is 10.1. The van der Waals surface area contributed by atoms with E-state index in [-0.39, 0.29) is 0 Å². The number of nitrogens with zero attached hydrogens (tertiary/aromatic N) is 1. The Bertz CT molecular complexity index is 499. The van der Waals surface area contributed by atoms with Crippen molar-refractivity contribution in [3.05, 3.63) is 40.6 Å². The Labute approximate surface area is 95.2 Å². The van der Waals surface area contributed by atoms with Crippen molar-refractivity contribution in [3.8, 4) is 0 Å². The zero-order valence-electron chi connectivity index (χ0n) is 7.81. The van der Waals surface area contributed by atoms with Gasteiger partial charge in [-0.2, -0.15) is 0 Å². The van der Waals surface area contributed by atoms with Gasteiger partial charge in [0.25, 0.3) is 6.47 Å². The normalized spacial score (nSPS) is 10.2. The molecule has 1 heterocycles. The number of pyridine rings is 1. The van der Waals surface area contributed by atoms with Gasteiger partial charge < -0.3 is 4.74 Å². The Morgan fingerprint density at radius 1 is 1.40 bits per heavy atom. The number of halogens is 1. The predicted molar refractivity (Wildman–Crippen MR) is 60.3 cm³/mol. The zero-order chi connectivity index (χ0) is 10.7. The van der Waals surface area contributed by atoms with Gasteiger partial charge >= 0.3 is 0 Å². The molecule has 0 aliphatic carbocycles. The molecule has 0 saturated heterocycles. The third-order valence-corrected chi connectivity index (χ3v) is 2.73. The average molecular weight is 266 g/mol. The molecule has 0 saturated carbocycles. The van der Waals surface area contributed by atoms with Crippen LogP contribution in [-0.2, 0) is 16.1 Å². The molecule has 0 bridgehead atoms. The molecule has 0 radical (unpaired) electrons. The minimum absolute atomic E-state index is 0.300.